The molecule has 6 heteroatoms. The number of anilines is 6. The molecular weight excluding hydrogens is 1080 g/mol. The lowest BCUT2D eigenvalue weighted by atomic mass is 9.99. The molecule has 3 nitrogen and oxygen atoms in total. The van der Waals surface area contributed by atoms with Crippen LogP contribution in [0, 0.1) is 0 Å². The second-order valence-electron chi connectivity index (χ2n) is 21.6. The third-order valence-electron chi connectivity index (χ3n) is 16.7. The first-order valence-corrected chi connectivity index (χ1v) is 30.9. The van der Waals surface area contributed by atoms with Gasteiger partial charge in [0.2, 0.25) is 0 Å². The van der Waals surface area contributed by atoms with Gasteiger partial charge in [-0.05, 0) is 161 Å². The summed E-state index contributed by atoms with van der Waals surface area (Å²) in [5, 5.41) is 10.1. The zero-order chi connectivity index (χ0) is 55.2. The highest BCUT2D eigenvalue weighted by atomic mass is 32.1. The van der Waals surface area contributed by atoms with Crippen LogP contribution in [0.25, 0.3) is 121 Å². The molecular formula is C78H49N3S3. The Balaban J connectivity index is 0.947. The Morgan fingerprint density at radius 2 is 0.643 bits per heavy atom. The van der Waals surface area contributed by atoms with Crippen LogP contribution in [0.3, 0.4) is 0 Å². The van der Waals surface area contributed by atoms with Crippen LogP contribution in [0.5, 0.6) is 0 Å². The minimum Gasteiger partial charge on any atom is -0.310 e. The van der Waals surface area contributed by atoms with Crippen LogP contribution in [0.4, 0.5) is 34.1 Å². The van der Waals surface area contributed by atoms with E-state index in [1.54, 1.807) is 0 Å². The molecule has 4 aromatic heterocycles. The number of thiophene rings is 3. The second-order valence-corrected chi connectivity index (χ2v) is 24.8. The van der Waals surface area contributed by atoms with Gasteiger partial charge in [-0.2, -0.15) is 0 Å². The fraction of sp³-hybridized carbons (Fsp3) is 0. The first kappa shape index (κ1) is 48.6. The van der Waals surface area contributed by atoms with Crippen LogP contribution < -0.4 is 9.80 Å². The third-order valence-corrected chi connectivity index (χ3v) is 20.2. The normalized spacial score (nSPS) is 11.8. The van der Waals surface area contributed by atoms with Gasteiger partial charge in [0.15, 0.2) is 0 Å². The summed E-state index contributed by atoms with van der Waals surface area (Å²) in [7, 11) is 0. The number of benzene rings is 13. The lowest BCUT2D eigenvalue weighted by molar-refractivity contribution is 1.18. The largest absolute Gasteiger partial charge is 0.310 e. The molecule has 0 aliphatic carbocycles. The fourth-order valence-electron chi connectivity index (χ4n) is 12.8. The third kappa shape index (κ3) is 8.13. The number of para-hydroxylation sites is 1. The summed E-state index contributed by atoms with van der Waals surface area (Å²) in [5.41, 5.74) is 16.9. The molecule has 13 aromatic carbocycles. The zero-order valence-corrected chi connectivity index (χ0v) is 47.8. The van der Waals surface area contributed by atoms with E-state index in [4.69, 9.17) is 0 Å². The van der Waals surface area contributed by atoms with Crippen molar-refractivity contribution < 1.29 is 0 Å². The summed E-state index contributed by atoms with van der Waals surface area (Å²) >= 11 is 5.60. The molecule has 84 heavy (non-hydrogen) atoms. The molecule has 0 unspecified atom stereocenters. The van der Waals surface area contributed by atoms with E-state index in [0.717, 1.165) is 50.9 Å². The maximum absolute atomic E-state index is 2.47. The minimum absolute atomic E-state index is 1.04. The number of hydrogen-bond donors (Lipinski definition) is 0. The van der Waals surface area contributed by atoms with Crippen molar-refractivity contribution in [2.24, 2.45) is 0 Å². The van der Waals surface area contributed by atoms with Crippen LogP contribution in [-0.2, 0) is 0 Å². The quantitative estimate of drug-likeness (QED) is 0.135. The van der Waals surface area contributed by atoms with E-state index >= 15 is 0 Å². The maximum atomic E-state index is 2.47. The average Bonchev–Trinajstić information content (AvgIpc) is 2.44. The Morgan fingerprint density at radius 1 is 0.226 bits per heavy atom. The van der Waals surface area contributed by atoms with E-state index in [0.29, 0.717) is 0 Å². The number of fused-ring (bicyclic) bond motifs is 13. The second kappa shape index (κ2) is 19.8. The Hall–Kier alpha value is -10.1. The number of hydrogen-bond acceptors (Lipinski definition) is 5. The van der Waals surface area contributed by atoms with Crippen molar-refractivity contribution in [1.29, 1.82) is 0 Å². The topological polar surface area (TPSA) is 11.4 Å². The number of rotatable bonds is 10. The molecule has 394 valence electrons. The molecule has 0 amide bonds. The van der Waals surface area contributed by atoms with Gasteiger partial charge < -0.3 is 14.4 Å². The van der Waals surface area contributed by atoms with Gasteiger partial charge in [0.1, 0.15) is 0 Å². The summed E-state index contributed by atoms with van der Waals surface area (Å²) in [6.45, 7) is 0. The van der Waals surface area contributed by atoms with Crippen LogP contribution in [0.2, 0.25) is 0 Å². The molecule has 17 aromatic rings. The average molecular weight is 1120 g/mol. The molecule has 0 N–H and O–H groups in total. The van der Waals surface area contributed by atoms with Crippen molar-refractivity contribution >= 4 is 150 Å². The molecule has 0 saturated carbocycles. The van der Waals surface area contributed by atoms with Gasteiger partial charge >= 0.3 is 0 Å². The number of nitrogens with zero attached hydrogens (tertiary/aromatic N) is 3. The Labute approximate surface area is 497 Å². The van der Waals surface area contributed by atoms with Crippen LogP contribution in [0.1, 0.15) is 0 Å². The van der Waals surface area contributed by atoms with Gasteiger partial charge in [0, 0.05) is 111 Å². The predicted molar refractivity (Wildman–Crippen MR) is 365 cm³/mol. The lowest BCUT2D eigenvalue weighted by Gasteiger charge is -2.30. The van der Waals surface area contributed by atoms with Gasteiger partial charge in [0.25, 0.3) is 0 Å². The molecule has 0 saturated heterocycles. The molecule has 17 rings (SSSR count). The first-order chi connectivity index (χ1) is 41.6. The maximum Gasteiger partial charge on any atom is 0.0555 e. The summed E-state index contributed by atoms with van der Waals surface area (Å²) in [6.07, 6.45) is 0. The van der Waals surface area contributed by atoms with Crippen molar-refractivity contribution in [2.45, 2.75) is 0 Å². The highest BCUT2D eigenvalue weighted by molar-refractivity contribution is 7.27. The predicted octanol–water partition coefficient (Wildman–Crippen LogP) is 23.8. The van der Waals surface area contributed by atoms with Gasteiger partial charge in [-0.1, -0.05) is 170 Å². The lowest BCUT2D eigenvalue weighted by Crippen LogP contribution is -2.13. The van der Waals surface area contributed by atoms with Gasteiger partial charge in [0.05, 0.1) is 11.0 Å². The van der Waals surface area contributed by atoms with E-state index in [1.807, 2.05) is 34.0 Å². The summed E-state index contributed by atoms with van der Waals surface area (Å²) in [6, 6.07) is 110. The molecule has 0 bridgehead atoms. The Bertz CT molecular complexity index is 5150. The van der Waals surface area contributed by atoms with E-state index in [2.05, 4.69) is 312 Å². The fourth-order valence-corrected chi connectivity index (χ4v) is 16.2. The Morgan fingerprint density at radius 3 is 1.18 bits per heavy atom. The van der Waals surface area contributed by atoms with E-state index in [9.17, 15) is 0 Å². The smallest absolute Gasteiger partial charge is 0.0555 e. The molecule has 0 aliphatic heterocycles. The summed E-state index contributed by atoms with van der Waals surface area (Å²) < 4.78 is 10.2. The van der Waals surface area contributed by atoms with Gasteiger partial charge in [-0.3, -0.25) is 0 Å². The van der Waals surface area contributed by atoms with Crippen molar-refractivity contribution in [2.75, 3.05) is 9.80 Å². The standard InChI is InChI=1S/C78H49N3S3/c1-4-16-50(17-5-1)52-28-33-57(34-29-52)79(59-37-42-75-67(48-59)64-23-11-13-25-72(64)82-75)61-44-55(54-32-40-70-69(46-54)77-71(81(70)56-20-8-3-9-21-56)41-39-66-63-22-10-15-27-74(63)84-78(66)77)45-62(47-61)80(58-35-30-53(31-36-58)51-18-6-2-7-19-51)60-38-43-76-68(49-60)65-24-12-14-26-73(65)83-76/h1-49H. The molecule has 0 atom stereocenters. The van der Waals surface area contributed by atoms with Crippen molar-refractivity contribution in [3.05, 3.63) is 297 Å². The molecule has 0 radical (unpaired) electrons. The summed E-state index contributed by atoms with van der Waals surface area (Å²) in [4.78, 5) is 4.95. The van der Waals surface area contributed by atoms with Crippen LogP contribution >= 0.6 is 34.0 Å². The molecule has 0 fully saturated rings. The minimum atomic E-state index is 1.04. The number of aromatic nitrogens is 1. The highest BCUT2D eigenvalue weighted by Gasteiger charge is 2.24. The molecule has 0 aliphatic rings. The van der Waals surface area contributed by atoms with E-state index < -0.39 is 0 Å². The molecule has 4 heterocycles. The first-order valence-electron chi connectivity index (χ1n) is 28.5. The van der Waals surface area contributed by atoms with Crippen LogP contribution in [-0.4, -0.2) is 4.57 Å². The van der Waals surface area contributed by atoms with Crippen molar-refractivity contribution in [3.63, 3.8) is 0 Å². The van der Waals surface area contributed by atoms with E-state index in [1.165, 1.54) is 105 Å². The highest BCUT2D eigenvalue weighted by Crippen LogP contribution is 2.49. The molecule has 0 spiro atoms. The summed E-state index contributed by atoms with van der Waals surface area (Å²) in [5.74, 6) is 0. The SMILES string of the molecule is c1ccc(-c2ccc(N(c3cc(-c4ccc5c(c4)c4c6sc7ccccc7c6ccc4n5-c4ccccc4)cc(N(c4ccc(-c5ccccc5)cc4)c4ccc5sc6ccccc6c5c4)c3)c3ccc4sc5ccccc5c4c3)cc2)cc1. The monoisotopic (exact) mass is 1120 g/mol. The van der Waals surface area contributed by atoms with Crippen LogP contribution in [0.15, 0.2) is 297 Å². The van der Waals surface area contributed by atoms with Crippen molar-refractivity contribution in [1.82, 2.24) is 4.57 Å². The van der Waals surface area contributed by atoms with Gasteiger partial charge in [-0.25, -0.2) is 0 Å². The Kier molecular flexibility index (Phi) is 11.5. The van der Waals surface area contributed by atoms with E-state index in [-0.39, 0.29) is 0 Å². The zero-order valence-electron chi connectivity index (χ0n) is 45.4. The van der Waals surface area contributed by atoms with Gasteiger partial charge in [-0.15, -0.1) is 34.0 Å². The van der Waals surface area contributed by atoms with Crippen molar-refractivity contribution in [3.8, 4) is 39.1 Å².